The van der Waals surface area contributed by atoms with E-state index in [2.05, 4.69) is 20.0 Å². The zero-order valence-corrected chi connectivity index (χ0v) is 19.5. The number of aliphatic hydroxyl groups excluding tert-OH is 1. The minimum absolute atomic E-state index is 0.0441. The summed E-state index contributed by atoms with van der Waals surface area (Å²) in [5, 5.41) is 16.3. The largest absolute Gasteiger partial charge is 0.404 e. The van der Waals surface area contributed by atoms with E-state index in [9.17, 15) is 18.3 Å². The maximum absolute atomic E-state index is 13.8. The lowest BCUT2D eigenvalue weighted by atomic mass is 9.88. The van der Waals surface area contributed by atoms with Gasteiger partial charge in [-0.1, -0.05) is 22.8 Å². The second-order valence-corrected chi connectivity index (χ2v) is 9.03. The summed E-state index contributed by atoms with van der Waals surface area (Å²) in [5.41, 5.74) is 15.1. The summed E-state index contributed by atoms with van der Waals surface area (Å²) in [4.78, 5) is 16.9. The van der Waals surface area contributed by atoms with E-state index in [0.29, 0.717) is 27.7 Å². The Hall–Kier alpha value is -3.38. The normalized spacial score (nSPS) is 22.6. The Labute approximate surface area is 206 Å². The number of hydrogen-bond acceptors (Lipinski definition) is 8. The number of amidine groups is 1. The van der Waals surface area contributed by atoms with Crippen molar-refractivity contribution in [2.24, 2.45) is 20.8 Å². The molecule has 0 saturated carbocycles. The molecular weight excluding hydrogens is 505 g/mol. The molecule has 0 aliphatic carbocycles. The Balaban J connectivity index is 2.01. The molecule has 0 bridgehead atoms. The third-order valence-electron chi connectivity index (χ3n) is 5.61. The lowest BCUT2D eigenvalue weighted by Gasteiger charge is -2.33. The predicted molar refractivity (Wildman–Crippen MR) is 127 cm³/mol. The summed E-state index contributed by atoms with van der Waals surface area (Å²) in [7, 11) is 0. The molecule has 1 saturated heterocycles. The number of benzene rings is 1. The van der Waals surface area contributed by atoms with Crippen LogP contribution in [0.25, 0.3) is 10.4 Å². The summed E-state index contributed by atoms with van der Waals surface area (Å²) >= 11 is 7.69. The Morgan fingerprint density at radius 3 is 2.89 bits per heavy atom. The fraction of sp³-hybridized carbons (Fsp3) is 0.286. The number of nitrogens with two attached hydrogens (primary N) is 1. The van der Waals surface area contributed by atoms with E-state index < -0.39 is 30.6 Å². The number of nitrogens with zero attached hydrogens (tertiary/aromatic N) is 7. The third kappa shape index (κ3) is 4.76. The van der Waals surface area contributed by atoms with Gasteiger partial charge in [0.15, 0.2) is 10.8 Å². The van der Waals surface area contributed by atoms with E-state index in [4.69, 9.17) is 27.9 Å². The topological polar surface area (TPSA) is 136 Å². The highest BCUT2D eigenvalue weighted by Crippen LogP contribution is 2.47. The van der Waals surface area contributed by atoms with Gasteiger partial charge < -0.3 is 15.7 Å². The van der Waals surface area contributed by atoms with Gasteiger partial charge in [0.25, 0.3) is 0 Å². The van der Waals surface area contributed by atoms with Gasteiger partial charge in [0.2, 0.25) is 0 Å². The number of fused-ring (bicyclic) bond motifs is 1. The van der Waals surface area contributed by atoms with Crippen LogP contribution in [0.2, 0.25) is 5.02 Å². The first-order valence-electron chi connectivity index (χ1n) is 10.2. The highest BCUT2D eigenvalue weighted by atomic mass is 35.5. The lowest BCUT2D eigenvalue weighted by molar-refractivity contribution is 0.160. The first-order chi connectivity index (χ1) is 16.8. The predicted octanol–water partition coefficient (Wildman–Crippen LogP) is 4.57. The van der Waals surface area contributed by atoms with E-state index in [1.54, 1.807) is 16.5 Å². The number of rotatable bonds is 7. The fourth-order valence-electron chi connectivity index (χ4n) is 4.13. The molecule has 1 unspecified atom stereocenters. The third-order valence-corrected chi connectivity index (χ3v) is 6.71. The average molecular weight is 523 g/mol. The summed E-state index contributed by atoms with van der Waals surface area (Å²) in [5.74, 6) is -0.165. The number of halogens is 4. The molecule has 0 amide bonds. The zero-order chi connectivity index (χ0) is 25.2. The van der Waals surface area contributed by atoms with Crippen LogP contribution in [-0.4, -0.2) is 52.3 Å². The van der Waals surface area contributed by atoms with E-state index >= 15 is 0 Å². The number of azide groups is 1. The number of thiazole rings is 1. The molecule has 4 rings (SSSR count). The van der Waals surface area contributed by atoms with Crippen molar-refractivity contribution in [3.63, 3.8) is 0 Å². The zero-order valence-electron chi connectivity index (χ0n) is 17.9. The van der Waals surface area contributed by atoms with E-state index in [1.807, 2.05) is 0 Å². The van der Waals surface area contributed by atoms with Crippen LogP contribution >= 0.6 is 22.9 Å². The summed E-state index contributed by atoms with van der Waals surface area (Å²) in [6, 6.07) is 2.87. The molecular formula is C21H18ClF3N8OS. The van der Waals surface area contributed by atoms with Crippen molar-refractivity contribution in [2.75, 3.05) is 13.2 Å². The van der Waals surface area contributed by atoms with Gasteiger partial charge in [-0.3, -0.25) is 4.99 Å². The fourth-order valence-corrected chi connectivity index (χ4v) is 5.04. The molecule has 0 radical (unpaired) electrons. The maximum atomic E-state index is 13.8. The highest BCUT2D eigenvalue weighted by Gasteiger charge is 2.47. The van der Waals surface area contributed by atoms with Crippen molar-refractivity contribution in [1.82, 2.24) is 9.88 Å². The number of hydrogen-bond donors (Lipinski definition) is 2. The van der Waals surface area contributed by atoms with Crippen LogP contribution in [-0.2, 0) is 0 Å². The van der Waals surface area contributed by atoms with Gasteiger partial charge in [0.05, 0.1) is 12.1 Å². The molecule has 1 fully saturated rings. The average Bonchev–Trinajstić information content (AvgIpc) is 3.48. The molecule has 2 atom stereocenters. The number of aromatic nitrogens is 1. The minimum Gasteiger partial charge on any atom is -0.404 e. The molecule has 2 aliphatic heterocycles. The van der Waals surface area contributed by atoms with Crippen LogP contribution in [0, 0.1) is 5.82 Å². The van der Waals surface area contributed by atoms with E-state index in [1.165, 1.54) is 23.5 Å². The van der Waals surface area contributed by atoms with E-state index in [-0.39, 0.29) is 23.6 Å². The van der Waals surface area contributed by atoms with Gasteiger partial charge >= 0.3 is 6.55 Å². The quantitative estimate of drug-likeness (QED) is 0.181. The standard InChI is InChI=1S/C21H18ClF3N8OS/c22-14-5-12(23)1-2-13(14)17-16(11(7-26)8-29-20(24)25)15-6-21(10-34,31-32-27)9-33(15)18(30-17)19-28-3-4-35-19/h1-5,7-8,17,20,34H,6,9-10,26H2/t17-,21?/m0/s1. The Bertz CT molecular complexity index is 1290. The van der Waals surface area contributed by atoms with Gasteiger partial charge in [0, 0.05) is 63.7 Å². The van der Waals surface area contributed by atoms with Crippen molar-refractivity contribution in [1.29, 1.82) is 0 Å². The van der Waals surface area contributed by atoms with Crippen LogP contribution in [0.3, 0.4) is 0 Å². The van der Waals surface area contributed by atoms with Crippen LogP contribution in [0.4, 0.5) is 13.2 Å². The maximum Gasteiger partial charge on any atom is 0.331 e. The highest BCUT2D eigenvalue weighted by molar-refractivity contribution is 7.11. The van der Waals surface area contributed by atoms with Gasteiger partial charge in [-0.2, -0.15) is 8.78 Å². The SMILES string of the molecule is [N-]=[N+]=NC1(CO)CC2=C(C(C=NC(F)F)=CN)[C@H](c3ccc(F)cc3Cl)N=C(c3nccs3)N2C1. The molecule has 14 heteroatoms. The number of alkyl halides is 2. The van der Waals surface area contributed by atoms with Gasteiger partial charge in [-0.25, -0.2) is 14.4 Å². The van der Waals surface area contributed by atoms with Gasteiger partial charge in [0.1, 0.15) is 11.9 Å². The van der Waals surface area contributed by atoms with Crippen LogP contribution < -0.4 is 5.73 Å². The molecule has 9 nitrogen and oxygen atoms in total. The van der Waals surface area contributed by atoms with Gasteiger partial charge in [-0.15, -0.1) is 11.3 Å². The van der Waals surface area contributed by atoms with Crippen molar-refractivity contribution < 1.29 is 18.3 Å². The van der Waals surface area contributed by atoms with Crippen molar-refractivity contribution in [3.05, 3.63) is 84.7 Å². The summed E-state index contributed by atoms with van der Waals surface area (Å²) < 4.78 is 39.7. The molecule has 182 valence electrons. The molecule has 2 aliphatic rings. The summed E-state index contributed by atoms with van der Waals surface area (Å²) in [6.45, 7) is -3.41. The molecule has 3 N–H and O–H groups in total. The van der Waals surface area contributed by atoms with Crippen molar-refractivity contribution in [2.45, 2.75) is 24.6 Å². The van der Waals surface area contributed by atoms with Crippen molar-refractivity contribution in [3.8, 4) is 0 Å². The van der Waals surface area contributed by atoms with Crippen LogP contribution in [0.15, 0.2) is 67.9 Å². The molecule has 35 heavy (non-hydrogen) atoms. The molecule has 2 aromatic rings. The Morgan fingerprint density at radius 1 is 1.49 bits per heavy atom. The molecule has 1 aromatic carbocycles. The van der Waals surface area contributed by atoms with Crippen LogP contribution in [0.1, 0.15) is 23.0 Å². The second kappa shape index (κ2) is 10.1. The molecule has 1 aromatic heterocycles. The van der Waals surface area contributed by atoms with E-state index in [0.717, 1.165) is 18.5 Å². The molecule has 0 spiro atoms. The minimum atomic E-state index is -2.99. The second-order valence-electron chi connectivity index (χ2n) is 7.73. The Morgan fingerprint density at radius 2 is 2.29 bits per heavy atom. The number of aliphatic imine (C=N–C) groups is 2. The number of aliphatic hydroxyl groups is 1. The monoisotopic (exact) mass is 522 g/mol. The first-order valence-corrected chi connectivity index (χ1v) is 11.4. The van der Waals surface area contributed by atoms with Crippen molar-refractivity contribution >= 4 is 35.0 Å². The smallest absolute Gasteiger partial charge is 0.331 e. The molecule has 3 heterocycles. The lowest BCUT2D eigenvalue weighted by Crippen LogP contribution is -2.39. The van der Waals surface area contributed by atoms with Gasteiger partial charge in [-0.05, 0) is 23.2 Å². The first kappa shape index (κ1) is 24.7. The Kier molecular flexibility index (Phi) is 7.13. The van der Waals surface area contributed by atoms with Crippen LogP contribution in [0.5, 0.6) is 0 Å². The summed E-state index contributed by atoms with van der Waals surface area (Å²) in [6.07, 6.45) is 3.66.